The van der Waals surface area contributed by atoms with Gasteiger partial charge < -0.3 is 14.4 Å². The summed E-state index contributed by atoms with van der Waals surface area (Å²) in [5.74, 6) is 0.535. The number of benzene rings is 1. The van der Waals surface area contributed by atoms with Crippen LogP contribution in [0.3, 0.4) is 0 Å². The van der Waals surface area contributed by atoms with Crippen LogP contribution in [-0.4, -0.2) is 48.2 Å². The van der Waals surface area contributed by atoms with Crippen molar-refractivity contribution in [1.29, 1.82) is 0 Å². The molecule has 0 aliphatic heterocycles. The summed E-state index contributed by atoms with van der Waals surface area (Å²) in [6.45, 7) is 9.28. The van der Waals surface area contributed by atoms with Crippen LogP contribution in [0.25, 0.3) is 10.9 Å². The monoisotopic (exact) mass is 392 g/mol. The number of nitrogens with zero attached hydrogens (tertiary/aromatic N) is 2. The van der Waals surface area contributed by atoms with Crippen molar-refractivity contribution in [2.24, 2.45) is 0 Å². The molecular weight excluding hydrogens is 364 g/mol. The minimum atomic E-state index is -0.0852. The summed E-state index contributed by atoms with van der Waals surface area (Å²) in [6, 6.07) is 7.35. The maximum atomic E-state index is 13.2. The smallest absolute Gasteiger partial charge is 0.273 e. The van der Waals surface area contributed by atoms with Crippen molar-refractivity contribution >= 4 is 28.4 Å². The molecule has 2 rings (SSSR count). The first-order valence-electron chi connectivity index (χ1n) is 9.43. The number of halogens is 1. The summed E-state index contributed by atoms with van der Waals surface area (Å²) in [4.78, 5) is 19.6. The summed E-state index contributed by atoms with van der Waals surface area (Å²) >= 11 is 6.15. The molecule has 148 valence electrons. The third-order valence-corrected chi connectivity index (χ3v) is 4.79. The van der Waals surface area contributed by atoms with E-state index in [1.165, 1.54) is 0 Å². The molecule has 2 aromatic rings. The quantitative estimate of drug-likeness (QED) is 0.566. The fourth-order valence-corrected chi connectivity index (χ4v) is 3.23. The first-order valence-corrected chi connectivity index (χ1v) is 9.81. The standard InChI is InChI=1S/C21H29ClN2O3/c1-6-15(4)24(14(2)3)21(25)19-13-20(27-11-7-10-26-5)17-12-16(22)8-9-18(17)23-19/h8-9,12-15H,6-7,10-11H2,1-5H3/t15-/m1/s1. The lowest BCUT2D eigenvalue weighted by Crippen LogP contribution is -2.43. The number of pyridine rings is 1. The molecule has 0 bridgehead atoms. The Morgan fingerprint density at radius 1 is 1.22 bits per heavy atom. The van der Waals surface area contributed by atoms with Crippen molar-refractivity contribution in [3.8, 4) is 5.75 Å². The minimum absolute atomic E-state index is 0.0845. The molecule has 5 nitrogen and oxygen atoms in total. The molecule has 0 aliphatic carbocycles. The zero-order valence-electron chi connectivity index (χ0n) is 16.8. The van der Waals surface area contributed by atoms with Crippen LogP contribution >= 0.6 is 11.6 Å². The number of rotatable bonds is 9. The van der Waals surface area contributed by atoms with Gasteiger partial charge in [0.25, 0.3) is 5.91 Å². The third-order valence-electron chi connectivity index (χ3n) is 4.56. The number of methoxy groups -OCH3 is 1. The highest BCUT2D eigenvalue weighted by Crippen LogP contribution is 2.29. The van der Waals surface area contributed by atoms with Gasteiger partial charge in [0, 0.05) is 48.7 Å². The zero-order valence-corrected chi connectivity index (χ0v) is 17.5. The van der Waals surface area contributed by atoms with Gasteiger partial charge in [-0.3, -0.25) is 4.79 Å². The first kappa shape index (κ1) is 21.5. The second-order valence-corrected chi connectivity index (χ2v) is 7.36. The van der Waals surface area contributed by atoms with E-state index in [1.807, 2.05) is 30.9 Å². The Bertz CT molecular complexity index is 779. The van der Waals surface area contributed by atoms with E-state index in [-0.39, 0.29) is 18.0 Å². The highest BCUT2D eigenvalue weighted by molar-refractivity contribution is 6.31. The molecule has 0 N–H and O–H groups in total. The van der Waals surface area contributed by atoms with E-state index < -0.39 is 0 Å². The Balaban J connectivity index is 2.44. The van der Waals surface area contributed by atoms with Gasteiger partial charge in [-0.2, -0.15) is 0 Å². The predicted octanol–water partition coefficient (Wildman–Crippen LogP) is 4.95. The number of hydrogen-bond donors (Lipinski definition) is 0. The number of hydrogen-bond acceptors (Lipinski definition) is 4. The topological polar surface area (TPSA) is 51.7 Å². The summed E-state index contributed by atoms with van der Waals surface area (Å²) in [5, 5.41) is 1.41. The molecule has 0 saturated heterocycles. The van der Waals surface area contributed by atoms with E-state index in [9.17, 15) is 4.79 Å². The molecule has 0 spiro atoms. The fourth-order valence-electron chi connectivity index (χ4n) is 3.05. The molecule has 0 saturated carbocycles. The van der Waals surface area contributed by atoms with Gasteiger partial charge in [-0.1, -0.05) is 18.5 Å². The number of carbonyl (C=O) groups excluding carboxylic acids is 1. The van der Waals surface area contributed by atoms with E-state index in [1.54, 1.807) is 19.2 Å². The molecule has 1 amide bonds. The Kier molecular flexibility index (Phi) is 7.87. The van der Waals surface area contributed by atoms with Crippen molar-refractivity contribution < 1.29 is 14.3 Å². The number of carbonyl (C=O) groups is 1. The van der Waals surface area contributed by atoms with Gasteiger partial charge in [0.2, 0.25) is 0 Å². The Morgan fingerprint density at radius 3 is 2.59 bits per heavy atom. The van der Waals surface area contributed by atoms with Crippen LogP contribution < -0.4 is 4.74 Å². The molecule has 0 unspecified atom stereocenters. The normalized spacial score (nSPS) is 12.4. The van der Waals surface area contributed by atoms with E-state index in [4.69, 9.17) is 21.1 Å². The Hall–Kier alpha value is -1.85. The van der Waals surface area contributed by atoms with Crippen LogP contribution in [0.1, 0.15) is 51.0 Å². The van der Waals surface area contributed by atoms with E-state index in [0.717, 1.165) is 18.2 Å². The second-order valence-electron chi connectivity index (χ2n) is 6.93. The van der Waals surface area contributed by atoms with Crippen LogP contribution in [0.5, 0.6) is 5.75 Å². The maximum Gasteiger partial charge on any atom is 0.273 e. The van der Waals surface area contributed by atoms with Gasteiger partial charge in [0.1, 0.15) is 11.4 Å². The molecule has 1 heterocycles. The Labute approximate surface area is 166 Å². The van der Waals surface area contributed by atoms with Gasteiger partial charge in [-0.25, -0.2) is 4.98 Å². The van der Waals surface area contributed by atoms with E-state index in [0.29, 0.717) is 35.2 Å². The number of fused-ring (bicyclic) bond motifs is 1. The molecule has 0 fully saturated rings. The fraction of sp³-hybridized carbons (Fsp3) is 0.524. The SMILES string of the molecule is CC[C@@H](C)N(C(=O)c1cc(OCCCOC)c2cc(Cl)ccc2n1)C(C)C. The molecule has 1 aromatic carbocycles. The lowest BCUT2D eigenvalue weighted by Gasteiger charge is -2.32. The zero-order chi connectivity index (χ0) is 20.0. The van der Waals surface area contributed by atoms with Crippen LogP contribution in [-0.2, 0) is 4.74 Å². The lowest BCUT2D eigenvalue weighted by atomic mass is 10.1. The molecule has 1 aromatic heterocycles. The molecule has 0 aliphatic rings. The lowest BCUT2D eigenvalue weighted by molar-refractivity contribution is 0.0615. The van der Waals surface area contributed by atoms with E-state index in [2.05, 4.69) is 18.8 Å². The van der Waals surface area contributed by atoms with Crippen molar-refractivity contribution in [1.82, 2.24) is 9.88 Å². The van der Waals surface area contributed by atoms with Crippen molar-refractivity contribution in [3.05, 3.63) is 35.0 Å². The number of ether oxygens (including phenoxy) is 2. The Morgan fingerprint density at radius 2 is 1.96 bits per heavy atom. The van der Waals surface area contributed by atoms with Crippen LogP contribution in [0, 0.1) is 0 Å². The first-order chi connectivity index (χ1) is 12.9. The minimum Gasteiger partial charge on any atom is -0.493 e. The van der Waals surface area contributed by atoms with Crippen molar-refractivity contribution in [2.75, 3.05) is 20.3 Å². The molecular formula is C21H29ClN2O3. The van der Waals surface area contributed by atoms with Crippen molar-refractivity contribution in [3.63, 3.8) is 0 Å². The summed E-state index contributed by atoms with van der Waals surface area (Å²) < 4.78 is 11.0. The van der Waals surface area contributed by atoms with Gasteiger partial charge in [-0.15, -0.1) is 0 Å². The number of aromatic nitrogens is 1. The highest BCUT2D eigenvalue weighted by Gasteiger charge is 2.25. The largest absolute Gasteiger partial charge is 0.493 e. The maximum absolute atomic E-state index is 13.2. The summed E-state index contributed by atoms with van der Waals surface area (Å²) in [5.41, 5.74) is 1.08. The number of amides is 1. The molecule has 0 radical (unpaired) electrons. The van der Waals surface area contributed by atoms with Crippen LogP contribution in [0.4, 0.5) is 0 Å². The summed E-state index contributed by atoms with van der Waals surface area (Å²) in [7, 11) is 1.66. The average molecular weight is 393 g/mol. The molecule has 6 heteroatoms. The van der Waals surface area contributed by atoms with Gasteiger partial charge in [0.05, 0.1) is 12.1 Å². The van der Waals surface area contributed by atoms with Crippen LogP contribution in [0.15, 0.2) is 24.3 Å². The van der Waals surface area contributed by atoms with E-state index >= 15 is 0 Å². The molecule has 1 atom stereocenters. The molecule has 27 heavy (non-hydrogen) atoms. The van der Waals surface area contributed by atoms with Gasteiger partial charge in [0.15, 0.2) is 0 Å². The predicted molar refractivity (Wildman–Crippen MR) is 110 cm³/mol. The van der Waals surface area contributed by atoms with Crippen molar-refractivity contribution in [2.45, 2.75) is 52.6 Å². The van der Waals surface area contributed by atoms with Gasteiger partial charge in [-0.05, 0) is 45.4 Å². The second kappa shape index (κ2) is 9.90. The summed E-state index contributed by atoms with van der Waals surface area (Å²) in [6.07, 6.45) is 1.64. The highest BCUT2D eigenvalue weighted by atomic mass is 35.5. The average Bonchev–Trinajstić information content (AvgIpc) is 2.64. The van der Waals surface area contributed by atoms with Gasteiger partial charge >= 0.3 is 0 Å². The van der Waals surface area contributed by atoms with Crippen LogP contribution in [0.2, 0.25) is 5.02 Å². The third kappa shape index (κ3) is 5.33.